The Kier molecular flexibility index (Phi) is 7.15. The van der Waals surface area contributed by atoms with E-state index in [1.807, 2.05) is 91.0 Å². The van der Waals surface area contributed by atoms with Crippen molar-refractivity contribution in [2.75, 3.05) is 24.9 Å². The lowest BCUT2D eigenvalue weighted by molar-refractivity contribution is -0.116. The lowest BCUT2D eigenvalue weighted by Crippen LogP contribution is -2.27. The first-order chi connectivity index (χ1) is 19.6. The summed E-state index contributed by atoms with van der Waals surface area (Å²) < 4.78 is 17.5. The first-order valence-electron chi connectivity index (χ1n) is 13.5. The molecule has 2 aliphatic rings. The average Bonchev–Trinajstić information content (AvgIpc) is 3.17. The van der Waals surface area contributed by atoms with Crippen LogP contribution in [0.3, 0.4) is 0 Å². The second-order valence-corrected chi connectivity index (χ2v) is 10.1. The van der Waals surface area contributed by atoms with E-state index in [-0.39, 0.29) is 17.7 Å². The van der Waals surface area contributed by atoms with Crippen LogP contribution in [0.15, 0.2) is 108 Å². The fourth-order valence-corrected chi connectivity index (χ4v) is 5.69. The Hall–Kier alpha value is -4.71. The molecular formula is C34H32N2O4. The molecule has 0 saturated carbocycles. The van der Waals surface area contributed by atoms with Gasteiger partial charge in [-0.2, -0.15) is 0 Å². The summed E-state index contributed by atoms with van der Waals surface area (Å²) in [5.41, 5.74) is 6.61. The van der Waals surface area contributed by atoms with Gasteiger partial charge in [0.1, 0.15) is 12.4 Å². The highest BCUT2D eigenvalue weighted by Crippen LogP contribution is 2.46. The summed E-state index contributed by atoms with van der Waals surface area (Å²) in [5, 5.41) is 7.27. The molecule has 2 unspecified atom stereocenters. The molecule has 6 rings (SSSR count). The summed E-state index contributed by atoms with van der Waals surface area (Å²) >= 11 is 0. The number of fused-ring (bicyclic) bond motifs is 1. The molecule has 0 bridgehead atoms. The van der Waals surface area contributed by atoms with Crippen molar-refractivity contribution in [3.05, 3.63) is 125 Å². The molecule has 202 valence electrons. The van der Waals surface area contributed by atoms with E-state index in [1.54, 1.807) is 14.2 Å². The Balaban J connectivity index is 1.40. The molecule has 4 aromatic rings. The van der Waals surface area contributed by atoms with Gasteiger partial charge in [0.25, 0.3) is 0 Å². The number of carbonyl (C=O) groups excluding carboxylic acids is 1. The molecular weight excluding hydrogens is 500 g/mol. The molecule has 0 saturated heterocycles. The van der Waals surface area contributed by atoms with Gasteiger partial charge in [-0.25, -0.2) is 0 Å². The molecule has 0 radical (unpaired) electrons. The second kappa shape index (κ2) is 11.2. The number of rotatable bonds is 7. The molecule has 0 amide bonds. The molecule has 0 aromatic heterocycles. The van der Waals surface area contributed by atoms with Gasteiger partial charge < -0.3 is 24.8 Å². The van der Waals surface area contributed by atoms with Gasteiger partial charge in [0, 0.05) is 23.6 Å². The van der Waals surface area contributed by atoms with Crippen molar-refractivity contribution >= 4 is 17.2 Å². The van der Waals surface area contributed by atoms with Crippen LogP contribution in [0.5, 0.6) is 17.2 Å². The van der Waals surface area contributed by atoms with Crippen LogP contribution in [-0.2, 0) is 11.4 Å². The van der Waals surface area contributed by atoms with Gasteiger partial charge in [0.2, 0.25) is 0 Å². The SMILES string of the molecule is COc1ccc(C2Nc3ccccc3NC3=C2C(=O)CC(c2ccccc2OC)C3)cc1OCc1ccccc1. The molecule has 2 N–H and O–H groups in total. The van der Waals surface area contributed by atoms with Crippen molar-refractivity contribution in [2.45, 2.75) is 31.4 Å². The van der Waals surface area contributed by atoms with Crippen LogP contribution in [0.1, 0.15) is 41.5 Å². The van der Waals surface area contributed by atoms with Crippen LogP contribution in [0.4, 0.5) is 11.4 Å². The molecule has 6 heteroatoms. The third-order valence-corrected chi connectivity index (χ3v) is 7.65. The van der Waals surface area contributed by atoms with Crippen molar-refractivity contribution in [3.63, 3.8) is 0 Å². The van der Waals surface area contributed by atoms with Crippen LogP contribution in [0.25, 0.3) is 0 Å². The van der Waals surface area contributed by atoms with Crippen LogP contribution in [0, 0.1) is 0 Å². The molecule has 1 aliphatic carbocycles. The van der Waals surface area contributed by atoms with Crippen LogP contribution < -0.4 is 24.8 Å². The van der Waals surface area contributed by atoms with Crippen molar-refractivity contribution in [1.82, 2.24) is 0 Å². The minimum atomic E-state index is -0.359. The van der Waals surface area contributed by atoms with Gasteiger partial charge in [-0.1, -0.05) is 66.7 Å². The Morgan fingerprint density at radius 3 is 2.27 bits per heavy atom. The number of hydrogen-bond donors (Lipinski definition) is 2. The summed E-state index contributed by atoms with van der Waals surface area (Å²) in [6, 6.07) is 31.6. The summed E-state index contributed by atoms with van der Waals surface area (Å²) in [7, 11) is 3.31. The van der Waals surface area contributed by atoms with Gasteiger partial charge in [0.15, 0.2) is 17.3 Å². The Morgan fingerprint density at radius 2 is 1.48 bits per heavy atom. The van der Waals surface area contributed by atoms with Crippen molar-refractivity contribution < 1.29 is 19.0 Å². The zero-order valence-electron chi connectivity index (χ0n) is 22.6. The molecule has 1 heterocycles. The summed E-state index contributed by atoms with van der Waals surface area (Å²) in [5.74, 6) is 2.21. The molecule has 1 aliphatic heterocycles. The topological polar surface area (TPSA) is 68.8 Å². The Labute approximate surface area is 234 Å². The largest absolute Gasteiger partial charge is 0.496 e. The number of ketones is 1. The van der Waals surface area contributed by atoms with Crippen molar-refractivity contribution in [2.24, 2.45) is 0 Å². The first-order valence-corrected chi connectivity index (χ1v) is 13.5. The van der Waals surface area contributed by atoms with Crippen molar-refractivity contribution in [3.8, 4) is 17.2 Å². The zero-order valence-corrected chi connectivity index (χ0v) is 22.6. The number of hydrogen-bond acceptors (Lipinski definition) is 6. The van der Waals surface area contributed by atoms with Gasteiger partial charge >= 0.3 is 0 Å². The fraction of sp³-hybridized carbons (Fsp3) is 0.206. The maximum absolute atomic E-state index is 14.0. The van der Waals surface area contributed by atoms with E-state index >= 15 is 0 Å². The maximum atomic E-state index is 14.0. The average molecular weight is 533 g/mol. The standard InChI is InChI=1S/C34H32N2O4/c1-38-30-15-9-6-12-25(30)24-18-28-33(29(37)19-24)34(36-27-14-8-7-13-26(27)35-28)23-16-17-31(39-2)32(20-23)40-21-22-10-4-3-5-11-22/h3-17,20,24,34-36H,18-19,21H2,1-2H3. The normalized spacial score (nSPS) is 18.0. The van der Waals surface area contributed by atoms with E-state index in [9.17, 15) is 4.79 Å². The molecule has 4 aromatic carbocycles. The van der Waals surface area contributed by atoms with E-state index in [1.165, 1.54) is 0 Å². The molecule has 40 heavy (non-hydrogen) atoms. The number of anilines is 2. The lowest BCUT2D eigenvalue weighted by Gasteiger charge is -2.30. The van der Waals surface area contributed by atoms with E-state index in [0.717, 1.165) is 45.1 Å². The predicted octanol–water partition coefficient (Wildman–Crippen LogP) is 7.26. The number of allylic oxidation sites excluding steroid dienone is 1. The highest BCUT2D eigenvalue weighted by molar-refractivity contribution is 6.01. The van der Waals surface area contributed by atoms with E-state index in [4.69, 9.17) is 14.2 Å². The molecule has 0 fully saturated rings. The summed E-state index contributed by atoms with van der Waals surface area (Å²) in [4.78, 5) is 14.0. The number of nitrogens with one attached hydrogen (secondary N) is 2. The number of carbonyl (C=O) groups is 1. The number of Topliss-reactive ketones (excluding diaryl/α,β-unsaturated/α-hetero) is 1. The highest BCUT2D eigenvalue weighted by atomic mass is 16.5. The third kappa shape index (κ3) is 5.00. The quantitative estimate of drug-likeness (QED) is 0.261. The predicted molar refractivity (Wildman–Crippen MR) is 157 cm³/mol. The molecule has 6 nitrogen and oxygen atoms in total. The Morgan fingerprint density at radius 1 is 0.750 bits per heavy atom. The highest BCUT2D eigenvalue weighted by Gasteiger charge is 2.37. The third-order valence-electron chi connectivity index (χ3n) is 7.65. The van der Waals surface area contributed by atoms with Gasteiger partial charge in [-0.15, -0.1) is 0 Å². The minimum absolute atomic E-state index is 0.0152. The molecule has 2 atom stereocenters. The fourth-order valence-electron chi connectivity index (χ4n) is 5.69. The van der Waals surface area contributed by atoms with Gasteiger partial charge in [0.05, 0.1) is 31.6 Å². The molecule has 0 spiro atoms. The lowest BCUT2D eigenvalue weighted by atomic mass is 9.78. The smallest absolute Gasteiger partial charge is 0.163 e. The number of methoxy groups -OCH3 is 2. The Bertz CT molecular complexity index is 1560. The van der Waals surface area contributed by atoms with E-state index in [0.29, 0.717) is 30.9 Å². The van der Waals surface area contributed by atoms with Gasteiger partial charge in [-0.3, -0.25) is 4.79 Å². The van der Waals surface area contributed by atoms with Gasteiger partial charge in [-0.05, 0) is 53.4 Å². The van der Waals surface area contributed by atoms with Crippen LogP contribution in [-0.4, -0.2) is 20.0 Å². The summed E-state index contributed by atoms with van der Waals surface area (Å²) in [6.07, 6.45) is 1.10. The van der Waals surface area contributed by atoms with E-state index in [2.05, 4.69) is 16.7 Å². The van der Waals surface area contributed by atoms with Crippen LogP contribution in [0.2, 0.25) is 0 Å². The zero-order chi connectivity index (χ0) is 27.5. The maximum Gasteiger partial charge on any atom is 0.163 e. The minimum Gasteiger partial charge on any atom is -0.496 e. The number of para-hydroxylation sites is 3. The number of ether oxygens (including phenoxy) is 3. The first kappa shape index (κ1) is 25.6. The monoisotopic (exact) mass is 532 g/mol. The van der Waals surface area contributed by atoms with Crippen molar-refractivity contribution in [1.29, 1.82) is 0 Å². The second-order valence-electron chi connectivity index (χ2n) is 10.1. The van der Waals surface area contributed by atoms with E-state index < -0.39 is 0 Å². The summed E-state index contributed by atoms with van der Waals surface area (Å²) in [6.45, 7) is 0.413. The number of benzene rings is 4. The van der Waals surface area contributed by atoms with Crippen LogP contribution >= 0.6 is 0 Å².